The Morgan fingerprint density at radius 3 is 2.80 bits per heavy atom. The molecule has 7 heteroatoms. The Bertz CT molecular complexity index is 492. The zero-order chi connectivity index (χ0) is 14.7. The molecule has 1 fully saturated rings. The van der Waals surface area contributed by atoms with Crippen molar-refractivity contribution >= 4 is 5.69 Å². The summed E-state index contributed by atoms with van der Waals surface area (Å²) in [7, 11) is 1.37. The highest BCUT2D eigenvalue weighted by Gasteiger charge is 2.42. The second-order valence-electron chi connectivity index (χ2n) is 4.47. The van der Waals surface area contributed by atoms with Crippen LogP contribution in [-0.2, 0) is 4.74 Å². The Morgan fingerprint density at radius 2 is 2.25 bits per heavy atom. The van der Waals surface area contributed by atoms with Crippen molar-refractivity contribution in [1.82, 2.24) is 0 Å². The lowest BCUT2D eigenvalue weighted by Crippen LogP contribution is -2.55. The molecule has 1 saturated carbocycles. The SMILES string of the molecule is CCOC1C(O)CC1Oc1ccc(OC)c([N+](=O)[O-])c1. The van der Waals surface area contributed by atoms with Gasteiger partial charge in [0.2, 0.25) is 0 Å². The fourth-order valence-electron chi connectivity index (χ4n) is 2.14. The van der Waals surface area contributed by atoms with Crippen LogP contribution >= 0.6 is 0 Å². The Morgan fingerprint density at radius 1 is 1.50 bits per heavy atom. The molecule has 0 aromatic heterocycles. The smallest absolute Gasteiger partial charge is 0.314 e. The first-order valence-electron chi connectivity index (χ1n) is 6.35. The second-order valence-corrected chi connectivity index (χ2v) is 4.47. The van der Waals surface area contributed by atoms with Gasteiger partial charge in [-0.15, -0.1) is 0 Å². The number of ether oxygens (including phenoxy) is 3. The van der Waals surface area contributed by atoms with E-state index in [2.05, 4.69) is 0 Å². The maximum Gasteiger partial charge on any atom is 0.314 e. The number of aliphatic hydroxyl groups is 1. The first kappa shape index (κ1) is 14.5. The van der Waals surface area contributed by atoms with E-state index in [1.165, 1.54) is 19.2 Å². The van der Waals surface area contributed by atoms with Crippen molar-refractivity contribution < 1.29 is 24.2 Å². The van der Waals surface area contributed by atoms with E-state index in [9.17, 15) is 15.2 Å². The number of methoxy groups -OCH3 is 1. The molecule has 0 amide bonds. The van der Waals surface area contributed by atoms with Gasteiger partial charge in [0.15, 0.2) is 5.75 Å². The van der Waals surface area contributed by atoms with E-state index in [0.717, 1.165) is 0 Å². The number of benzene rings is 1. The normalized spacial score (nSPS) is 24.9. The Kier molecular flexibility index (Phi) is 4.41. The van der Waals surface area contributed by atoms with E-state index in [1.807, 2.05) is 6.92 Å². The minimum atomic E-state index is -0.548. The van der Waals surface area contributed by atoms with Gasteiger partial charge in [-0.3, -0.25) is 10.1 Å². The summed E-state index contributed by atoms with van der Waals surface area (Å²) in [4.78, 5) is 10.4. The lowest BCUT2D eigenvalue weighted by Gasteiger charge is -2.40. The fourth-order valence-corrected chi connectivity index (χ4v) is 2.14. The summed E-state index contributed by atoms with van der Waals surface area (Å²) in [6, 6.07) is 4.39. The van der Waals surface area contributed by atoms with Crippen LogP contribution in [0.3, 0.4) is 0 Å². The molecule has 3 atom stereocenters. The molecule has 0 heterocycles. The average molecular weight is 283 g/mol. The van der Waals surface area contributed by atoms with Crippen molar-refractivity contribution in [2.75, 3.05) is 13.7 Å². The number of hydrogen-bond donors (Lipinski definition) is 1. The van der Waals surface area contributed by atoms with Crippen LogP contribution in [0, 0.1) is 10.1 Å². The van der Waals surface area contributed by atoms with Gasteiger partial charge in [0.25, 0.3) is 0 Å². The minimum absolute atomic E-state index is 0.155. The number of hydrogen-bond acceptors (Lipinski definition) is 6. The van der Waals surface area contributed by atoms with Gasteiger partial charge < -0.3 is 19.3 Å². The van der Waals surface area contributed by atoms with Crippen LogP contribution in [0.4, 0.5) is 5.69 Å². The number of nitrogens with zero attached hydrogens (tertiary/aromatic N) is 1. The first-order valence-corrected chi connectivity index (χ1v) is 6.35. The summed E-state index contributed by atoms with van der Waals surface area (Å²) >= 11 is 0. The van der Waals surface area contributed by atoms with Gasteiger partial charge in [-0.05, 0) is 19.1 Å². The van der Waals surface area contributed by atoms with E-state index in [1.54, 1.807) is 6.07 Å². The highest BCUT2D eigenvalue weighted by Crippen LogP contribution is 2.34. The van der Waals surface area contributed by atoms with Gasteiger partial charge in [-0.1, -0.05) is 0 Å². The summed E-state index contributed by atoms with van der Waals surface area (Å²) in [5.74, 6) is 0.538. The molecule has 3 unspecified atom stereocenters. The predicted octanol–water partition coefficient (Wildman–Crippen LogP) is 1.52. The molecule has 0 radical (unpaired) electrons. The van der Waals surface area contributed by atoms with Crippen molar-refractivity contribution in [3.05, 3.63) is 28.3 Å². The average Bonchev–Trinajstić information content (AvgIpc) is 2.44. The molecule has 1 aliphatic carbocycles. The third-order valence-corrected chi connectivity index (χ3v) is 3.21. The molecule has 0 saturated heterocycles. The van der Waals surface area contributed by atoms with E-state index < -0.39 is 11.0 Å². The van der Waals surface area contributed by atoms with Gasteiger partial charge in [0.05, 0.1) is 24.2 Å². The summed E-state index contributed by atoms with van der Waals surface area (Å²) in [5, 5.41) is 20.5. The number of nitro benzene ring substituents is 1. The summed E-state index contributed by atoms with van der Waals surface area (Å²) < 4.78 is 15.9. The second kappa shape index (κ2) is 6.06. The molecule has 0 bridgehead atoms. The van der Waals surface area contributed by atoms with Crippen LogP contribution in [0.2, 0.25) is 0 Å². The summed E-state index contributed by atoms with van der Waals surface area (Å²) in [6.45, 7) is 2.31. The molecule has 0 aliphatic heterocycles. The fraction of sp³-hybridized carbons (Fsp3) is 0.538. The number of nitro groups is 1. The molecule has 2 rings (SSSR count). The highest BCUT2D eigenvalue weighted by molar-refractivity contribution is 5.50. The van der Waals surface area contributed by atoms with Gasteiger partial charge in [-0.2, -0.15) is 0 Å². The van der Waals surface area contributed by atoms with Gasteiger partial charge in [-0.25, -0.2) is 0 Å². The minimum Gasteiger partial charge on any atom is -0.490 e. The molecule has 1 aromatic rings. The lowest BCUT2D eigenvalue weighted by atomic mass is 9.88. The maximum absolute atomic E-state index is 10.9. The Hall–Kier alpha value is -1.86. The van der Waals surface area contributed by atoms with Gasteiger partial charge >= 0.3 is 5.69 Å². The maximum atomic E-state index is 10.9. The van der Waals surface area contributed by atoms with Crippen LogP contribution in [0.25, 0.3) is 0 Å². The number of rotatable bonds is 6. The quantitative estimate of drug-likeness (QED) is 0.628. The van der Waals surface area contributed by atoms with Crippen molar-refractivity contribution in [2.45, 2.75) is 31.7 Å². The standard InChI is InChI=1S/C13H17NO6/c1-3-19-13-10(15)7-12(13)20-8-4-5-11(18-2)9(6-8)14(16)17/h4-6,10,12-13,15H,3,7H2,1-2H3. The summed E-state index contributed by atoms with van der Waals surface area (Å²) in [5.41, 5.74) is -0.155. The van der Waals surface area contributed by atoms with Gasteiger partial charge in [0, 0.05) is 13.0 Å². The van der Waals surface area contributed by atoms with Crippen molar-refractivity contribution in [3.8, 4) is 11.5 Å². The van der Waals surface area contributed by atoms with E-state index in [-0.39, 0.29) is 23.6 Å². The topological polar surface area (TPSA) is 91.1 Å². The van der Waals surface area contributed by atoms with Crippen LogP contribution < -0.4 is 9.47 Å². The molecular formula is C13H17NO6. The Balaban J connectivity index is 2.10. The monoisotopic (exact) mass is 283 g/mol. The summed E-state index contributed by atoms with van der Waals surface area (Å²) in [6.07, 6.45) is -0.780. The van der Waals surface area contributed by atoms with Crippen molar-refractivity contribution in [2.24, 2.45) is 0 Å². The molecule has 20 heavy (non-hydrogen) atoms. The van der Waals surface area contributed by atoms with E-state index >= 15 is 0 Å². The molecular weight excluding hydrogens is 266 g/mol. The predicted molar refractivity (Wildman–Crippen MR) is 70.1 cm³/mol. The van der Waals surface area contributed by atoms with Gasteiger partial charge in [0.1, 0.15) is 18.0 Å². The highest BCUT2D eigenvalue weighted by atomic mass is 16.6. The third kappa shape index (κ3) is 2.83. The van der Waals surface area contributed by atoms with Crippen LogP contribution in [0.1, 0.15) is 13.3 Å². The molecule has 7 nitrogen and oxygen atoms in total. The molecule has 1 aromatic carbocycles. The molecule has 1 N–H and O–H groups in total. The zero-order valence-corrected chi connectivity index (χ0v) is 11.3. The van der Waals surface area contributed by atoms with Crippen molar-refractivity contribution in [3.63, 3.8) is 0 Å². The van der Waals surface area contributed by atoms with Crippen LogP contribution in [0.5, 0.6) is 11.5 Å². The third-order valence-electron chi connectivity index (χ3n) is 3.21. The van der Waals surface area contributed by atoms with Crippen LogP contribution in [-0.4, -0.2) is 42.1 Å². The number of aliphatic hydroxyl groups excluding tert-OH is 1. The lowest BCUT2D eigenvalue weighted by molar-refractivity contribution is -0.385. The van der Waals surface area contributed by atoms with E-state index in [0.29, 0.717) is 18.8 Å². The van der Waals surface area contributed by atoms with E-state index in [4.69, 9.17) is 14.2 Å². The zero-order valence-electron chi connectivity index (χ0n) is 11.3. The molecule has 110 valence electrons. The molecule has 1 aliphatic rings. The first-order chi connectivity index (χ1) is 9.56. The largest absolute Gasteiger partial charge is 0.490 e. The van der Waals surface area contributed by atoms with Crippen LogP contribution in [0.15, 0.2) is 18.2 Å². The molecule has 0 spiro atoms. The van der Waals surface area contributed by atoms with Crippen molar-refractivity contribution in [1.29, 1.82) is 0 Å². The Labute approximate surface area is 116 Å².